The number of aromatic nitrogens is 2. The van der Waals surface area contributed by atoms with Crippen LogP contribution in [-0.4, -0.2) is 28.0 Å². The highest BCUT2D eigenvalue weighted by atomic mass is 19.2. The Kier molecular flexibility index (Phi) is 4.02. The number of benzene rings is 1. The number of nitrogens with one attached hydrogen (secondary N) is 1. The Labute approximate surface area is 139 Å². The van der Waals surface area contributed by atoms with Crippen LogP contribution in [0.2, 0.25) is 0 Å². The Morgan fingerprint density at radius 2 is 2.08 bits per heavy atom. The van der Waals surface area contributed by atoms with Crippen molar-refractivity contribution in [3.8, 4) is 0 Å². The van der Waals surface area contributed by atoms with Crippen molar-refractivity contribution >= 4 is 11.0 Å². The van der Waals surface area contributed by atoms with Crippen molar-refractivity contribution in [2.45, 2.75) is 25.3 Å². The predicted molar refractivity (Wildman–Crippen MR) is 89.7 cm³/mol. The Morgan fingerprint density at radius 3 is 2.92 bits per heavy atom. The minimum Gasteiger partial charge on any atom is -0.343 e. The highest BCUT2D eigenvalue weighted by molar-refractivity contribution is 5.76. The van der Waals surface area contributed by atoms with Gasteiger partial charge in [-0.25, -0.2) is 13.8 Å². The summed E-state index contributed by atoms with van der Waals surface area (Å²) in [4.78, 5) is 10.1. The van der Waals surface area contributed by atoms with E-state index in [9.17, 15) is 8.78 Å². The molecule has 124 valence electrons. The molecule has 0 saturated carbocycles. The molecule has 0 aliphatic carbocycles. The van der Waals surface area contributed by atoms with Gasteiger partial charge >= 0.3 is 0 Å². The number of hydrogen-bond acceptors (Lipinski definition) is 2. The summed E-state index contributed by atoms with van der Waals surface area (Å²) in [5.41, 5.74) is 2.94. The van der Waals surface area contributed by atoms with Gasteiger partial charge in [-0.15, -0.1) is 0 Å². The number of rotatable bonds is 3. The van der Waals surface area contributed by atoms with Gasteiger partial charge < -0.3 is 4.98 Å². The average Bonchev–Trinajstić information content (AvgIpc) is 3.03. The van der Waals surface area contributed by atoms with E-state index in [-0.39, 0.29) is 0 Å². The lowest BCUT2D eigenvalue weighted by atomic mass is 9.94. The van der Waals surface area contributed by atoms with Crippen molar-refractivity contribution < 1.29 is 8.78 Å². The summed E-state index contributed by atoms with van der Waals surface area (Å²) in [5, 5.41) is 1.13. The van der Waals surface area contributed by atoms with E-state index >= 15 is 0 Å². The molecular weight excluding hydrogens is 308 g/mol. The molecule has 5 heteroatoms. The first-order valence-corrected chi connectivity index (χ1v) is 8.29. The molecule has 1 N–H and O–H groups in total. The molecule has 0 amide bonds. The normalized spacial score (nSPS) is 19.0. The average molecular weight is 327 g/mol. The van der Waals surface area contributed by atoms with Crippen LogP contribution < -0.4 is 0 Å². The van der Waals surface area contributed by atoms with Crippen molar-refractivity contribution in [2.75, 3.05) is 13.1 Å². The first kappa shape index (κ1) is 15.3. The van der Waals surface area contributed by atoms with Gasteiger partial charge in [0.05, 0.1) is 0 Å². The Bertz CT molecular complexity index is 826. The van der Waals surface area contributed by atoms with Gasteiger partial charge in [0, 0.05) is 36.3 Å². The van der Waals surface area contributed by atoms with Gasteiger partial charge in [-0.1, -0.05) is 6.07 Å². The summed E-state index contributed by atoms with van der Waals surface area (Å²) >= 11 is 0. The van der Waals surface area contributed by atoms with E-state index in [2.05, 4.69) is 27.0 Å². The molecule has 1 aliphatic heterocycles. The Hall–Kier alpha value is -2.27. The van der Waals surface area contributed by atoms with E-state index in [0.29, 0.717) is 12.5 Å². The molecular formula is C19H19F2N3. The van der Waals surface area contributed by atoms with E-state index < -0.39 is 11.6 Å². The lowest BCUT2D eigenvalue weighted by Gasteiger charge is -2.32. The first-order valence-electron chi connectivity index (χ1n) is 8.29. The maximum atomic E-state index is 13.4. The fourth-order valence-electron chi connectivity index (χ4n) is 3.55. The van der Waals surface area contributed by atoms with Crippen LogP contribution in [0.1, 0.15) is 30.0 Å². The van der Waals surface area contributed by atoms with Crippen molar-refractivity contribution in [1.82, 2.24) is 14.9 Å². The molecule has 0 spiro atoms. The van der Waals surface area contributed by atoms with Gasteiger partial charge in [-0.3, -0.25) is 4.90 Å². The van der Waals surface area contributed by atoms with E-state index in [4.69, 9.17) is 0 Å². The van der Waals surface area contributed by atoms with E-state index in [1.54, 1.807) is 12.3 Å². The second-order valence-electron chi connectivity index (χ2n) is 6.49. The molecule has 3 aromatic rings. The SMILES string of the molecule is Fc1ccc(CN2CCCC(c3cc4cccnc4[nH]3)C2)cc1F. The van der Waals surface area contributed by atoms with Crippen LogP contribution in [0.3, 0.4) is 0 Å². The number of hydrogen-bond donors (Lipinski definition) is 1. The van der Waals surface area contributed by atoms with Gasteiger partial charge in [0.1, 0.15) is 5.65 Å². The number of piperidine rings is 1. The van der Waals surface area contributed by atoms with Crippen LogP contribution >= 0.6 is 0 Å². The van der Waals surface area contributed by atoms with Crippen molar-refractivity contribution in [3.63, 3.8) is 0 Å². The minimum atomic E-state index is -0.791. The standard InChI is InChI=1S/C19H19F2N3/c20-16-6-5-13(9-17(16)21)11-24-8-2-4-15(12-24)18-10-14-3-1-7-22-19(14)23-18/h1,3,5-7,9-10,15H,2,4,8,11-12H2,(H,22,23). The summed E-state index contributed by atoms with van der Waals surface area (Å²) < 4.78 is 26.5. The molecule has 0 radical (unpaired) electrons. The van der Waals surface area contributed by atoms with Crippen molar-refractivity contribution in [3.05, 3.63) is 65.5 Å². The maximum absolute atomic E-state index is 13.4. The Balaban J connectivity index is 1.49. The van der Waals surface area contributed by atoms with Crippen molar-refractivity contribution in [1.29, 1.82) is 0 Å². The number of likely N-dealkylation sites (tertiary alicyclic amines) is 1. The summed E-state index contributed by atoms with van der Waals surface area (Å²) in [6.07, 6.45) is 4.01. The summed E-state index contributed by atoms with van der Waals surface area (Å²) in [6.45, 7) is 2.53. The van der Waals surface area contributed by atoms with E-state index in [1.807, 2.05) is 6.07 Å². The number of H-pyrrole nitrogens is 1. The number of nitrogens with zero attached hydrogens (tertiary/aromatic N) is 2. The van der Waals surface area contributed by atoms with Crippen LogP contribution in [0.4, 0.5) is 8.78 Å². The lowest BCUT2D eigenvalue weighted by molar-refractivity contribution is 0.198. The molecule has 1 saturated heterocycles. The fraction of sp³-hybridized carbons (Fsp3) is 0.316. The van der Waals surface area contributed by atoms with Gasteiger partial charge in [0.15, 0.2) is 11.6 Å². The van der Waals surface area contributed by atoms with E-state index in [0.717, 1.165) is 42.5 Å². The molecule has 1 atom stereocenters. The topological polar surface area (TPSA) is 31.9 Å². The number of fused-ring (bicyclic) bond motifs is 1. The summed E-state index contributed by atoms with van der Waals surface area (Å²) in [6, 6.07) is 10.3. The van der Waals surface area contributed by atoms with Gasteiger partial charge in [-0.2, -0.15) is 0 Å². The van der Waals surface area contributed by atoms with Gasteiger partial charge in [0.25, 0.3) is 0 Å². The predicted octanol–water partition coefficient (Wildman–Crippen LogP) is 4.22. The third kappa shape index (κ3) is 3.04. The number of aromatic amines is 1. The molecule has 4 rings (SSSR count). The first-order chi connectivity index (χ1) is 11.7. The molecule has 24 heavy (non-hydrogen) atoms. The van der Waals surface area contributed by atoms with Gasteiger partial charge in [0.2, 0.25) is 0 Å². The molecule has 2 aromatic heterocycles. The second kappa shape index (κ2) is 6.32. The molecule has 1 aliphatic rings. The molecule has 3 nitrogen and oxygen atoms in total. The zero-order chi connectivity index (χ0) is 16.5. The maximum Gasteiger partial charge on any atom is 0.159 e. The van der Waals surface area contributed by atoms with Crippen molar-refractivity contribution in [2.24, 2.45) is 0 Å². The van der Waals surface area contributed by atoms with Crippen LogP contribution in [0.5, 0.6) is 0 Å². The lowest BCUT2D eigenvalue weighted by Crippen LogP contribution is -2.34. The Morgan fingerprint density at radius 1 is 1.17 bits per heavy atom. The summed E-state index contributed by atoms with van der Waals surface area (Å²) in [7, 11) is 0. The fourth-order valence-corrected chi connectivity index (χ4v) is 3.55. The quantitative estimate of drug-likeness (QED) is 0.781. The van der Waals surface area contributed by atoms with Crippen LogP contribution in [0, 0.1) is 11.6 Å². The van der Waals surface area contributed by atoms with E-state index in [1.165, 1.54) is 17.8 Å². The second-order valence-corrected chi connectivity index (χ2v) is 6.49. The molecule has 3 heterocycles. The summed E-state index contributed by atoms with van der Waals surface area (Å²) in [5.74, 6) is -1.15. The highest BCUT2D eigenvalue weighted by Gasteiger charge is 2.23. The zero-order valence-corrected chi connectivity index (χ0v) is 13.3. The van der Waals surface area contributed by atoms with Crippen LogP contribution in [-0.2, 0) is 6.54 Å². The number of halogens is 2. The highest BCUT2D eigenvalue weighted by Crippen LogP contribution is 2.29. The van der Waals surface area contributed by atoms with Crippen LogP contribution in [0.15, 0.2) is 42.6 Å². The monoisotopic (exact) mass is 327 g/mol. The number of pyridine rings is 1. The third-order valence-electron chi connectivity index (χ3n) is 4.75. The minimum absolute atomic E-state index is 0.415. The molecule has 1 unspecified atom stereocenters. The van der Waals surface area contributed by atoms with Crippen LogP contribution in [0.25, 0.3) is 11.0 Å². The van der Waals surface area contributed by atoms with Gasteiger partial charge in [-0.05, 0) is 55.3 Å². The largest absolute Gasteiger partial charge is 0.343 e. The smallest absolute Gasteiger partial charge is 0.159 e. The third-order valence-corrected chi connectivity index (χ3v) is 4.75. The zero-order valence-electron chi connectivity index (χ0n) is 13.3. The molecule has 0 bridgehead atoms. The molecule has 1 aromatic carbocycles. The molecule has 1 fully saturated rings.